The van der Waals surface area contributed by atoms with Gasteiger partial charge in [0.2, 0.25) is 5.82 Å². The van der Waals surface area contributed by atoms with Gasteiger partial charge in [-0.3, -0.25) is 0 Å². The number of H-pyrrole nitrogens is 1. The number of aromatic nitrogens is 3. The van der Waals surface area contributed by atoms with Crippen LogP contribution < -0.4 is 5.73 Å². The summed E-state index contributed by atoms with van der Waals surface area (Å²) in [5.74, 6) is 0.990. The zero-order valence-corrected chi connectivity index (χ0v) is 9.91. The Morgan fingerprint density at radius 3 is 3.00 bits per heavy atom. The summed E-state index contributed by atoms with van der Waals surface area (Å²) in [6, 6.07) is 5.72. The SMILES string of the molecule is Cc1cc(-c2nc(-c3ccc[nH]3)no2)c(N)s1. The van der Waals surface area contributed by atoms with Crippen molar-refractivity contribution in [3.8, 4) is 23.0 Å². The van der Waals surface area contributed by atoms with E-state index in [1.165, 1.54) is 11.3 Å². The average Bonchev–Trinajstić information content (AvgIpc) is 2.97. The highest BCUT2D eigenvalue weighted by molar-refractivity contribution is 7.16. The molecule has 0 saturated carbocycles. The summed E-state index contributed by atoms with van der Waals surface area (Å²) >= 11 is 1.51. The zero-order valence-electron chi connectivity index (χ0n) is 9.10. The van der Waals surface area contributed by atoms with Crippen molar-refractivity contribution in [3.05, 3.63) is 29.3 Å². The van der Waals surface area contributed by atoms with Crippen molar-refractivity contribution < 1.29 is 4.52 Å². The Hall–Kier alpha value is -2.08. The Kier molecular flexibility index (Phi) is 2.22. The molecule has 3 N–H and O–H groups in total. The quantitative estimate of drug-likeness (QED) is 0.728. The van der Waals surface area contributed by atoms with Crippen LogP contribution in [0.3, 0.4) is 0 Å². The molecule has 3 aromatic rings. The number of aromatic amines is 1. The Labute approximate surface area is 101 Å². The summed E-state index contributed by atoms with van der Waals surface area (Å²) in [5, 5.41) is 4.62. The Bertz CT molecular complexity index is 638. The van der Waals surface area contributed by atoms with Crippen molar-refractivity contribution in [3.63, 3.8) is 0 Å². The predicted octanol–water partition coefficient (Wildman–Crippen LogP) is 2.68. The van der Waals surface area contributed by atoms with Crippen molar-refractivity contribution in [2.45, 2.75) is 6.92 Å². The van der Waals surface area contributed by atoms with E-state index >= 15 is 0 Å². The van der Waals surface area contributed by atoms with Crippen LogP contribution in [0.2, 0.25) is 0 Å². The van der Waals surface area contributed by atoms with Crippen LogP contribution in [0.25, 0.3) is 23.0 Å². The van der Waals surface area contributed by atoms with E-state index in [1.807, 2.05) is 31.3 Å². The number of hydrogen-bond donors (Lipinski definition) is 2. The minimum absolute atomic E-state index is 0.455. The number of hydrogen-bond acceptors (Lipinski definition) is 5. The number of nitrogens with zero attached hydrogens (tertiary/aromatic N) is 2. The van der Waals surface area contributed by atoms with Gasteiger partial charge < -0.3 is 15.2 Å². The lowest BCUT2D eigenvalue weighted by molar-refractivity contribution is 0.432. The van der Waals surface area contributed by atoms with Crippen LogP contribution in [0.15, 0.2) is 28.9 Å². The van der Waals surface area contributed by atoms with Crippen LogP contribution in [0.5, 0.6) is 0 Å². The van der Waals surface area contributed by atoms with Crippen molar-refractivity contribution in [2.75, 3.05) is 5.73 Å². The lowest BCUT2D eigenvalue weighted by atomic mass is 10.3. The van der Waals surface area contributed by atoms with Gasteiger partial charge in [0.25, 0.3) is 5.89 Å². The van der Waals surface area contributed by atoms with E-state index in [9.17, 15) is 0 Å². The van der Waals surface area contributed by atoms with E-state index in [0.29, 0.717) is 16.7 Å². The van der Waals surface area contributed by atoms with E-state index in [-0.39, 0.29) is 0 Å². The lowest BCUT2D eigenvalue weighted by Crippen LogP contribution is -1.84. The normalized spacial score (nSPS) is 10.9. The van der Waals surface area contributed by atoms with Crippen LogP contribution in [-0.2, 0) is 0 Å². The largest absolute Gasteiger partial charge is 0.390 e. The zero-order chi connectivity index (χ0) is 11.8. The number of thiophene rings is 1. The molecule has 0 atom stereocenters. The summed E-state index contributed by atoms with van der Waals surface area (Å²) in [6.45, 7) is 1.99. The van der Waals surface area contributed by atoms with Gasteiger partial charge >= 0.3 is 0 Å². The molecule has 0 aromatic carbocycles. The summed E-state index contributed by atoms with van der Waals surface area (Å²) in [5.41, 5.74) is 7.51. The van der Waals surface area contributed by atoms with E-state index in [0.717, 1.165) is 16.1 Å². The number of nitrogens with two attached hydrogens (primary N) is 1. The molecule has 0 aliphatic carbocycles. The van der Waals surface area contributed by atoms with Gasteiger partial charge in [-0.15, -0.1) is 11.3 Å². The smallest absolute Gasteiger partial charge is 0.261 e. The first-order chi connectivity index (χ1) is 8.24. The van der Waals surface area contributed by atoms with Gasteiger partial charge in [-0.05, 0) is 25.1 Å². The van der Waals surface area contributed by atoms with E-state index in [2.05, 4.69) is 15.1 Å². The van der Waals surface area contributed by atoms with Gasteiger partial charge in [0, 0.05) is 11.1 Å². The molecule has 17 heavy (non-hydrogen) atoms. The van der Waals surface area contributed by atoms with Gasteiger partial charge in [0.15, 0.2) is 0 Å². The number of nitrogens with one attached hydrogen (secondary N) is 1. The van der Waals surface area contributed by atoms with Gasteiger partial charge in [-0.1, -0.05) is 5.16 Å². The molecule has 0 saturated heterocycles. The Balaban J connectivity index is 2.03. The van der Waals surface area contributed by atoms with Crippen LogP contribution in [0.4, 0.5) is 5.00 Å². The van der Waals surface area contributed by atoms with Gasteiger partial charge in [-0.2, -0.15) is 4.98 Å². The summed E-state index contributed by atoms with van der Waals surface area (Å²) in [7, 11) is 0. The molecule has 3 heterocycles. The van der Waals surface area contributed by atoms with E-state index in [4.69, 9.17) is 10.3 Å². The first kappa shape index (κ1) is 10.1. The van der Waals surface area contributed by atoms with E-state index in [1.54, 1.807) is 0 Å². The number of rotatable bonds is 2. The highest BCUT2D eigenvalue weighted by Crippen LogP contribution is 2.33. The second kappa shape index (κ2) is 3.74. The third kappa shape index (κ3) is 1.72. The molecule has 86 valence electrons. The second-order valence-electron chi connectivity index (χ2n) is 3.64. The minimum atomic E-state index is 0.455. The van der Waals surface area contributed by atoms with Gasteiger partial charge in [-0.25, -0.2) is 0 Å². The maximum atomic E-state index is 5.88. The number of aryl methyl sites for hydroxylation is 1. The molecule has 6 heteroatoms. The van der Waals surface area contributed by atoms with Crippen molar-refractivity contribution in [2.24, 2.45) is 0 Å². The minimum Gasteiger partial charge on any atom is -0.390 e. The number of anilines is 1. The second-order valence-corrected chi connectivity index (χ2v) is 4.93. The molecule has 0 spiro atoms. The molecule has 0 unspecified atom stereocenters. The average molecular weight is 246 g/mol. The van der Waals surface area contributed by atoms with Crippen molar-refractivity contribution in [1.82, 2.24) is 15.1 Å². The highest BCUT2D eigenvalue weighted by atomic mass is 32.1. The Morgan fingerprint density at radius 2 is 2.35 bits per heavy atom. The molecule has 3 aromatic heterocycles. The van der Waals surface area contributed by atoms with Crippen LogP contribution in [0, 0.1) is 6.92 Å². The molecule has 0 radical (unpaired) electrons. The van der Waals surface area contributed by atoms with Crippen molar-refractivity contribution >= 4 is 16.3 Å². The summed E-state index contributed by atoms with van der Waals surface area (Å²) in [4.78, 5) is 8.46. The fourth-order valence-corrected chi connectivity index (χ4v) is 2.39. The molecule has 0 bridgehead atoms. The third-order valence-corrected chi connectivity index (χ3v) is 3.26. The Morgan fingerprint density at radius 1 is 1.47 bits per heavy atom. The fraction of sp³-hybridized carbons (Fsp3) is 0.0909. The first-order valence-corrected chi connectivity index (χ1v) is 5.89. The molecule has 0 aliphatic rings. The standard InChI is InChI=1S/C11H10N4OS/c1-6-5-7(9(12)17-6)11-14-10(15-16-11)8-3-2-4-13-8/h2-5,13H,12H2,1H3. The molecular formula is C11H10N4OS. The van der Waals surface area contributed by atoms with Gasteiger partial charge in [0.05, 0.1) is 16.3 Å². The topological polar surface area (TPSA) is 80.7 Å². The molecule has 0 aliphatic heterocycles. The molecule has 5 nitrogen and oxygen atoms in total. The van der Waals surface area contributed by atoms with Crippen LogP contribution in [-0.4, -0.2) is 15.1 Å². The molecule has 3 rings (SSSR count). The van der Waals surface area contributed by atoms with Crippen LogP contribution in [0.1, 0.15) is 4.88 Å². The molecule has 0 fully saturated rings. The van der Waals surface area contributed by atoms with E-state index < -0.39 is 0 Å². The maximum Gasteiger partial charge on any atom is 0.261 e. The number of nitrogen functional groups attached to an aromatic ring is 1. The maximum absolute atomic E-state index is 5.88. The van der Waals surface area contributed by atoms with Crippen LogP contribution >= 0.6 is 11.3 Å². The predicted molar refractivity (Wildman–Crippen MR) is 66.5 cm³/mol. The first-order valence-electron chi connectivity index (χ1n) is 5.08. The summed E-state index contributed by atoms with van der Waals surface area (Å²) in [6.07, 6.45) is 1.81. The third-order valence-electron chi connectivity index (χ3n) is 2.38. The molecule has 0 amide bonds. The summed E-state index contributed by atoms with van der Waals surface area (Å²) < 4.78 is 5.21. The highest BCUT2D eigenvalue weighted by Gasteiger charge is 2.15. The molecular weight excluding hydrogens is 236 g/mol. The lowest BCUT2D eigenvalue weighted by Gasteiger charge is -1.89. The van der Waals surface area contributed by atoms with Crippen molar-refractivity contribution in [1.29, 1.82) is 0 Å². The fourth-order valence-electron chi connectivity index (χ4n) is 1.61. The van der Waals surface area contributed by atoms with Gasteiger partial charge in [0.1, 0.15) is 0 Å². The monoisotopic (exact) mass is 246 g/mol.